The number of aromatic nitrogens is 4. The third-order valence-electron chi connectivity index (χ3n) is 4.27. The van der Waals surface area contributed by atoms with Gasteiger partial charge in [0.15, 0.2) is 5.75 Å². The van der Waals surface area contributed by atoms with E-state index in [0.717, 1.165) is 4.90 Å². The maximum absolute atomic E-state index is 13.0. The summed E-state index contributed by atoms with van der Waals surface area (Å²) in [5, 5.41) is 18.2. The summed E-state index contributed by atoms with van der Waals surface area (Å²) in [7, 11) is 1.61. The average Bonchev–Trinajstić information content (AvgIpc) is 3.14. The second-order valence-corrected chi connectivity index (χ2v) is 9.97. The minimum absolute atomic E-state index is 0.202. The van der Waals surface area contributed by atoms with Crippen LogP contribution >= 0.6 is 23.5 Å². The maximum atomic E-state index is 13.0. The van der Waals surface area contributed by atoms with Crippen molar-refractivity contribution in [2.75, 3.05) is 23.9 Å². The van der Waals surface area contributed by atoms with Gasteiger partial charge in [0.1, 0.15) is 17.1 Å². The van der Waals surface area contributed by atoms with Gasteiger partial charge in [0, 0.05) is 29.7 Å². The van der Waals surface area contributed by atoms with Gasteiger partial charge in [0.05, 0.1) is 0 Å². The van der Waals surface area contributed by atoms with Crippen molar-refractivity contribution in [3.05, 3.63) is 11.3 Å². The molecule has 3 rings (SSSR count). The number of tetrazole rings is 1. The first-order valence-corrected chi connectivity index (χ1v) is 11.8. The fourth-order valence-electron chi connectivity index (χ4n) is 2.79. The van der Waals surface area contributed by atoms with Crippen molar-refractivity contribution in [1.82, 2.24) is 30.4 Å². The van der Waals surface area contributed by atoms with Gasteiger partial charge in [-0.2, -0.15) is 8.78 Å². The normalized spacial score (nSPS) is 22.1. The van der Waals surface area contributed by atoms with Crippen LogP contribution in [0.15, 0.2) is 16.4 Å². The predicted molar refractivity (Wildman–Crippen MR) is 103 cm³/mol. The fourth-order valence-corrected chi connectivity index (χ4v) is 5.78. The number of hydrogen-bond acceptors (Lipinski definition) is 9. The van der Waals surface area contributed by atoms with E-state index in [4.69, 9.17) is 0 Å². The number of carboxylic acid groups (broad SMARTS) is 1. The zero-order valence-electron chi connectivity index (χ0n) is 15.7. The molecular weight excluding hydrogens is 485 g/mol. The highest BCUT2D eigenvalue weighted by molar-refractivity contribution is 8.01. The monoisotopic (exact) mass is 500 g/mol. The van der Waals surface area contributed by atoms with Crippen molar-refractivity contribution in [1.29, 1.82) is 0 Å². The summed E-state index contributed by atoms with van der Waals surface area (Å²) in [5.74, 6) is -3.96. The Bertz CT molecular complexity index is 931. The SMILES string of the molecule is Cn1nnnc1SCC1=C(C(=O)O)N2C(=O)C(NC(=O)C[S+]([O-])C(F)(F)CF)[C@H]2SC1. The highest BCUT2D eigenvalue weighted by atomic mass is 32.2. The summed E-state index contributed by atoms with van der Waals surface area (Å²) in [5.41, 5.74) is 0.220. The van der Waals surface area contributed by atoms with Crippen molar-refractivity contribution in [2.45, 2.75) is 21.8 Å². The molecule has 3 heterocycles. The molecule has 2 unspecified atom stereocenters. The number of aryl methyl sites for hydroxylation is 1. The molecule has 3 atom stereocenters. The van der Waals surface area contributed by atoms with E-state index in [1.54, 1.807) is 7.05 Å². The van der Waals surface area contributed by atoms with Crippen LogP contribution in [0, 0.1) is 0 Å². The van der Waals surface area contributed by atoms with Crippen molar-refractivity contribution in [3.63, 3.8) is 0 Å². The van der Waals surface area contributed by atoms with E-state index in [1.165, 1.54) is 28.2 Å². The zero-order chi connectivity index (χ0) is 22.9. The number of alkyl halides is 3. The quantitative estimate of drug-likeness (QED) is 0.254. The number of nitrogens with one attached hydrogen (secondary N) is 1. The molecule has 11 nitrogen and oxygen atoms in total. The lowest BCUT2D eigenvalue weighted by atomic mass is 10.0. The molecule has 2 N–H and O–H groups in total. The molecule has 0 aliphatic carbocycles. The summed E-state index contributed by atoms with van der Waals surface area (Å²) in [6.45, 7) is -2.18. The molecule has 31 heavy (non-hydrogen) atoms. The second-order valence-electron chi connectivity index (χ2n) is 6.35. The van der Waals surface area contributed by atoms with Gasteiger partial charge in [0.2, 0.25) is 11.8 Å². The van der Waals surface area contributed by atoms with Gasteiger partial charge < -0.3 is 15.0 Å². The Morgan fingerprint density at radius 2 is 2.19 bits per heavy atom. The Balaban J connectivity index is 1.67. The van der Waals surface area contributed by atoms with Crippen molar-refractivity contribution in [3.8, 4) is 0 Å². The molecule has 1 aromatic heterocycles. The summed E-state index contributed by atoms with van der Waals surface area (Å²) < 4.78 is 51.1. The van der Waals surface area contributed by atoms with Gasteiger partial charge in [-0.3, -0.25) is 14.5 Å². The Hall–Kier alpha value is -1.98. The highest BCUT2D eigenvalue weighted by Crippen LogP contribution is 2.41. The van der Waals surface area contributed by atoms with Gasteiger partial charge in [-0.05, 0) is 16.0 Å². The van der Waals surface area contributed by atoms with E-state index in [0.29, 0.717) is 10.7 Å². The van der Waals surface area contributed by atoms with E-state index < -0.39 is 58.1 Å². The minimum atomic E-state index is -4.17. The lowest BCUT2D eigenvalue weighted by Gasteiger charge is -2.49. The number of fused-ring (bicyclic) bond motifs is 1. The number of amides is 2. The first-order chi connectivity index (χ1) is 14.6. The molecule has 1 saturated heterocycles. The van der Waals surface area contributed by atoms with Gasteiger partial charge in [-0.25, -0.2) is 13.9 Å². The van der Waals surface area contributed by atoms with E-state index in [1.807, 2.05) is 0 Å². The second kappa shape index (κ2) is 9.25. The van der Waals surface area contributed by atoms with Crippen LogP contribution in [0.1, 0.15) is 0 Å². The lowest BCUT2D eigenvalue weighted by Crippen LogP contribution is -2.71. The van der Waals surface area contributed by atoms with Crippen molar-refractivity contribution in [2.24, 2.45) is 7.05 Å². The molecule has 17 heteroatoms. The minimum Gasteiger partial charge on any atom is -0.611 e. The number of rotatable bonds is 9. The molecule has 0 spiro atoms. The van der Waals surface area contributed by atoms with Crippen LogP contribution in [0.25, 0.3) is 0 Å². The molecule has 2 aliphatic rings. The molecule has 170 valence electrons. The van der Waals surface area contributed by atoms with Crippen LogP contribution in [0.5, 0.6) is 0 Å². The van der Waals surface area contributed by atoms with E-state index in [2.05, 4.69) is 20.8 Å². The number of carbonyl (C=O) groups excluding carboxylic acids is 2. The number of β-lactam (4-membered cyclic amide) rings is 1. The largest absolute Gasteiger partial charge is 0.611 e. The highest BCUT2D eigenvalue weighted by Gasteiger charge is 2.54. The Morgan fingerprint density at radius 1 is 1.48 bits per heavy atom. The maximum Gasteiger partial charge on any atom is 0.435 e. The van der Waals surface area contributed by atoms with Gasteiger partial charge in [-0.15, -0.1) is 16.9 Å². The van der Waals surface area contributed by atoms with Crippen LogP contribution in [-0.4, -0.2) is 93.2 Å². The number of carbonyl (C=O) groups is 3. The molecular formula is C14H15F3N6O5S3. The number of halogens is 3. The van der Waals surface area contributed by atoms with Crippen LogP contribution in [0.3, 0.4) is 0 Å². The summed E-state index contributed by atoms with van der Waals surface area (Å²) in [4.78, 5) is 37.2. The molecule has 0 bridgehead atoms. The van der Waals surface area contributed by atoms with Crippen molar-refractivity contribution >= 4 is 52.5 Å². The zero-order valence-corrected chi connectivity index (χ0v) is 18.1. The molecule has 2 amide bonds. The number of hydrogen-bond donors (Lipinski definition) is 2. The first-order valence-electron chi connectivity index (χ1n) is 8.43. The van der Waals surface area contributed by atoms with Crippen LogP contribution in [-0.2, 0) is 32.6 Å². The number of nitrogens with zero attached hydrogens (tertiary/aromatic N) is 5. The third-order valence-corrected chi connectivity index (χ3v) is 8.01. The fraction of sp³-hybridized carbons (Fsp3) is 0.571. The van der Waals surface area contributed by atoms with E-state index in [-0.39, 0.29) is 17.2 Å². The summed E-state index contributed by atoms with van der Waals surface area (Å²) in [6, 6.07) is -1.17. The smallest absolute Gasteiger partial charge is 0.435 e. The van der Waals surface area contributed by atoms with Crippen molar-refractivity contribution < 1.29 is 37.2 Å². The number of carboxylic acids is 1. The molecule has 1 fully saturated rings. The molecule has 2 aliphatic heterocycles. The topological polar surface area (TPSA) is 153 Å². The van der Waals surface area contributed by atoms with Crippen LogP contribution in [0.2, 0.25) is 0 Å². The number of aliphatic carboxylic acids is 1. The first kappa shape index (κ1) is 23.7. The van der Waals surface area contributed by atoms with Crippen LogP contribution < -0.4 is 5.32 Å². The third kappa shape index (κ3) is 4.78. The van der Waals surface area contributed by atoms with Crippen LogP contribution in [0.4, 0.5) is 13.2 Å². The molecule has 1 aromatic rings. The Morgan fingerprint density at radius 3 is 2.77 bits per heavy atom. The van der Waals surface area contributed by atoms with Gasteiger partial charge in [0.25, 0.3) is 11.8 Å². The van der Waals surface area contributed by atoms with E-state index in [9.17, 15) is 37.2 Å². The standard InChI is InChI=1S/C14H15F3N6O5S3/c1-22-13(19-20-21-22)30-3-6-2-29-11-8(10(25)23(11)9(6)12(26)27)18-7(24)4-31(28)14(16,17)5-15/h8,11H,2-5H2,1H3,(H,18,24)(H,26,27)/t8?,11-,31?/m1/s1. The predicted octanol–water partition coefficient (Wildman–Crippen LogP) is -0.648. The lowest BCUT2D eigenvalue weighted by molar-refractivity contribution is -0.150. The Labute approximate surface area is 184 Å². The summed E-state index contributed by atoms with van der Waals surface area (Å²) in [6.07, 6.45) is 0. The molecule has 0 saturated carbocycles. The summed E-state index contributed by atoms with van der Waals surface area (Å²) >= 11 is -0.730. The van der Waals surface area contributed by atoms with E-state index >= 15 is 0 Å². The average molecular weight is 501 g/mol. The number of thioether (sulfide) groups is 2. The Kier molecular flexibility index (Phi) is 7.07. The molecule has 0 aromatic carbocycles. The van der Waals surface area contributed by atoms with Gasteiger partial charge in [-0.1, -0.05) is 11.8 Å². The molecule has 0 radical (unpaired) electrons. The van der Waals surface area contributed by atoms with Gasteiger partial charge >= 0.3 is 11.2 Å².